The van der Waals surface area contributed by atoms with Crippen molar-refractivity contribution in [3.8, 4) is 0 Å². The van der Waals surface area contributed by atoms with Gasteiger partial charge in [0.1, 0.15) is 0 Å². The highest BCUT2D eigenvalue weighted by atomic mass is 32.2. The van der Waals surface area contributed by atoms with Crippen molar-refractivity contribution >= 4 is 38.4 Å². The molecule has 24 heavy (non-hydrogen) atoms. The van der Waals surface area contributed by atoms with Crippen LogP contribution >= 0.6 is 11.8 Å². The maximum absolute atomic E-state index is 12.0. The van der Waals surface area contributed by atoms with Crippen LogP contribution in [0, 0.1) is 6.92 Å². The Bertz CT molecular complexity index is 772. The molecular formula is C16H21N3O3S2. The normalized spacial score (nSPS) is 24.6. The second-order valence-corrected chi connectivity index (χ2v) is 9.50. The van der Waals surface area contributed by atoms with Crippen molar-refractivity contribution in [2.45, 2.75) is 19.0 Å². The number of amidine groups is 1. The number of carbonyl (C=O) groups is 1. The van der Waals surface area contributed by atoms with E-state index in [1.165, 1.54) is 11.8 Å². The number of hydrogen-bond acceptors (Lipinski definition) is 6. The van der Waals surface area contributed by atoms with Gasteiger partial charge in [-0.1, -0.05) is 29.5 Å². The van der Waals surface area contributed by atoms with Gasteiger partial charge in [0, 0.05) is 19.8 Å². The van der Waals surface area contributed by atoms with Crippen LogP contribution in [0.5, 0.6) is 0 Å². The fourth-order valence-electron chi connectivity index (χ4n) is 2.90. The van der Waals surface area contributed by atoms with E-state index < -0.39 is 9.84 Å². The number of rotatable bonds is 3. The van der Waals surface area contributed by atoms with Crippen LogP contribution in [-0.4, -0.2) is 67.8 Å². The van der Waals surface area contributed by atoms with Crippen molar-refractivity contribution in [3.05, 3.63) is 29.8 Å². The lowest BCUT2D eigenvalue weighted by atomic mass is 10.1. The molecule has 1 aromatic carbocycles. The fourth-order valence-corrected chi connectivity index (χ4v) is 5.84. The zero-order valence-corrected chi connectivity index (χ0v) is 15.6. The molecular weight excluding hydrogens is 346 g/mol. The van der Waals surface area contributed by atoms with Crippen molar-refractivity contribution in [1.82, 2.24) is 4.90 Å². The van der Waals surface area contributed by atoms with Crippen LogP contribution in [-0.2, 0) is 14.6 Å². The highest BCUT2D eigenvalue weighted by molar-refractivity contribution is 8.14. The van der Waals surface area contributed by atoms with Crippen LogP contribution in [0.4, 0.5) is 5.69 Å². The number of aryl methyl sites for hydroxylation is 1. The molecule has 6 nitrogen and oxygen atoms in total. The molecule has 3 rings (SSSR count). The van der Waals surface area contributed by atoms with Crippen LogP contribution in [0.3, 0.4) is 0 Å². The van der Waals surface area contributed by atoms with E-state index in [1.807, 2.05) is 36.1 Å². The molecule has 1 amide bonds. The summed E-state index contributed by atoms with van der Waals surface area (Å²) >= 11 is 1.37. The number of anilines is 1. The molecule has 0 unspecified atom stereocenters. The van der Waals surface area contributed by atoms with Gasteiger partial charge in [-0.2, -0.15) is 0 Å². The van der Waals surface area contributed by atoms with Gasteiger partial charge in [0.15, 0.2) is 15.0 Å². The zero-order valence-electron chi connectivity index (χ0n) is 14.0. The molecule has 0 bridgehead atoms. The molecule has 2 atom stereocenters. The summed E-state index contributed by atoms with van der Waals surface area (Å²) in [6, 6.07) is 7.54. The quantitative estimate of drug-likeness (QED) is 0.802. The standard InChI is InChI=1S/C16H21N3O3S2/c1-11-4-6-12(7-5-11)19-14-10-24(21,22)9-13(14)17-16(19)23-8-15(20)18(2)3/h4-7,13-14H,8-10H2,1-3H3/t13-,14+/m0/s1. The molecule has 2 aliphatic rings. The molecule has 2 heterocycles. The lowest BCUT2D eigenvalue weighted by Gasteiger charge is -2.26. The maximum Gasteiger partial charge on any atom is 0.232 e. The van der Waals surface area contributed by atoms with Gasteiger partial charge in [-0.3, -0.25) is 9.79 Å². The maximum atomic E-state index is 12.0. The molecule has 0 N–H and O–H groups in total. The number of benzene rings is 1. The third-order valence-electron chi connectivity index (χ3n) is 4.24. The SMILES string of the molecule is Cc1ccc(N2C(SCC(=O)N(C)C)=N[C@H]3CS(=O)(=O)C[C@H]32)cc1. The van der Waals surface area contributed by atoms with E-state index in [1.54, 1.807) is 19.0 Å². The van der Waals surface area contributed by atoms with E-state index in [2.05, 4.69) is 4.99 Å². The Kier molecular flexibility index (Phi) is 4.61. The van der Waals surface area contributed by atoms with Crippen molar-refractivity contribution < 1.29 is 13.2 Å². The zero-order chi connectivity index (χ0) is 17.5. The molecule has 8 heteroatoms. The van der Waals surface area contributed by atoms with E-state index in [0.29, 0.717) is 5.75 Å². The largest absolute Gasteiger partial charge is 0.348 e. The number of amides is 1. The molecule has 1 saturated heterocycles. The lowest BCUT2D eigenvalue weighted by molar-refractivity contribution is -0.125. The molecule has 1 aromatic rings. The molecule has 0 aliphatic carbocycles. The summed E-state index contributed by atoms with van der Waals surface area (Å²) in [7, 11) is 0.385. The second-order valence-electron chi connectivity index (χ2n) is 6.41. The van der Waals surface area contributed by atoms with E-state index in [4.69, 9.17) is 0 Å². The number of thioether (sulfide) groups is 1. The summed E-state index contributed by atoms with van der Waals surface area (Å²) in [4.78, 5) is 20.0. The van der Waals surface area contributed by atoms with Crippen LogP contribution < -0.4 is 4.90 Å². The number of nitrogens with zero attached hydrogens (tertiary/aromatic N) is 3. The average molecular weight is 367 g/mol. The first-order chi connectivity index (χ1) is 11.3. The number of fused-ring (bicyclic) bond motifs is 1. The summed E-state index contributed by atoms with van der Waals surface area (Å²) in [6.45, 7) is 2.01. The van der Waals surface area contributed by atoms with Gasteiger partial charge in [0.25, 0.3) is 0 Å². The molecule has 0 spiro atoms. The predicted octanol–water partition coefficient (Wildman–Crippen LogP) is 1.16. The van der Waals surface area contributed by atoms with Gasteiger partial charge in [0.05, 0.1) is 29.3 Å². The fraction of sp³-hybridized carbons (Fsp3) is 0.500. The monoisotopic (exact) mass is 367 g/mol. The number of sulfone groups is 1. The minimum absolute atomic E-state index is 0.0104. The highest BCUT2D eigenvalue weighted by Crippen LogP contribution is 2.35. The molecule has 0 radical (unpaired) electrons. The van der Waals surface area contributed by atoms with Crippen LogP contribution in [0.15, 0.2) is 29.3 Å². The molecule has 0 saturated carbocycles. The van der Waals surface area contributed by atoms with Crippen molar-refractivity contribution in [2.24, 2.45) is 4.99 Å². The summed E-state index contributed by atoms with van der Waals surface area (Å²) in [5.74, 6) is 0.503. The van der Waals surface area contributed by atoms with Crippen molar-refractivity contribution in [3.63, 3.8) is 0 Å². The Labute approximate surface area is 146 Å². The smallest absolute Gasteiger partial charge is 0.232 e. The Morgan fingerprint density at radius 1 is 1.29 bits per heavy atom. The Balaban J connectivity index is 1.87. The van der Waals surface area contributed by atoms with Crippen molar-refractivity contribution in [1.29, 1.82) is 0 Å². The van der Waals surface area contributed by atoms with Crippen LogP contribution in [0.2, 0.25) is 0 Å². The Morgan fingerprint density at radius 3 is 2.58 bits per heavy atom. The molecule has 0 aromatic heterocycles. The van der Waals surface area contributed by atoms with Crippen LogP contribution in [0.1, 0.15) is 5.56 Å². The minimum atomic E-state index is -3.06. The van der Waals surface area contributed by atoms with Gasteiger partial charge in [-0.15, -0.1) is 0 Å². The minimum Gasteiger partial charge on any atom is -0.348 e. The summed E-state index contributed by atoms with van der Waals surface area (Å²) < 4.78 is 23.9. The van der Waals surface area contributed by atoms with Crippen molar-refractivity contribution in [2.75, 3.05) is 36.3 Å². The second kappa shape index (κ2) is 6.40. The van der Waals surface area contributed by atoms with E-state index in [9.17, 15) is 13.2 Å². The van der Waals surface area contributed by atoms with Gasteiger partial charge in [-0.25, -0.2) is 8.42 Å². The van der Waals surface area contributed by atoms with E-state index in [-0.39, 0.29) is 29.5 Å². The first kappa shape index (κ1) is 17.3. The van der Waals surface area contributed by atoms with Gasteiger partial charge in [0.2, 0.25) is 5.91 Å². The topological polar surface area (TPSA) is 70.1 Å². The molecule has 2 aliphatic heterocycles. The Hall–Kier alpha value is -1.54. The number of hydrogen-bond donors (Lipinski definition) is 0. The van der Waals surface area contributed by atoms with Gasteiger partial charge < -0.3 is 9.80 Å². The first-order valence-electron chi connectivity index (χ1n) is 7.74. The lowest BCUT2D eigenvalue weighted by Crippen LogP contribution is -2.39. The highest BCUT2D eigenvalue weighted by Gasteiger charge is 2.47. The summed E-state index contributed by atoms with van der Waals surface area (Å²) in [6.07, 6.45) is 0. The number of aliphatic imine (C=N–C) groups is 1. The van der Waals surface area contributed by atoms with Gasteiger partial charge in [-0.05, 0) is 19.1 Å². The number of carbonyl (C=O) groups excluding carboxylic acids is 1. The van der Waals surface area contributed by atoms with E-state index in [0.717, 1.165) is 16.4 Å². The predicted molar refractivity (Wildman–Crippen MR) is 98.5 cm³/mol. The summed E-state index contributed by atoms with van der Waals surface area (Å²) in [5.41, 5.74) is 2.07. The van der Waals surface area contributed by atoms with E-state index >= 15 is 0 Å². The molecule has 1 fully saturated rings. The van der Waals surface area contributed by atoms with Crippen LogP contribution in [0.25, 0.3) is 0 Å². The molecule has 130 valence electrons. The average Bonchev–Trinajstić information content (AvgIpc) is 2.97. The first-order valence-corrected chi connectivity index (χ1v) is 10.5. The third-order valence-corrected chi connectivity index (χ3v) is 6.89. The Morgan fingerprint density at radius 2 is 1.96 bits per heavy atom. The van der Waals surface area contributed by atoms with Gasteiger partial charge >= 0.3 is 0 Å². The summed E-state index contributed by atoms with van der Waals surface area (Å²) in [5, 5.41) is 0.735. The third kappa shape index (κ3) is 3.44.